The number of aliphatic hydroxyl groups excluding tert-OH is 1. The molecule has 2 aromatic carbocycles. The molecule has 2 atom stereocenters. The third kappa shape index (κ3) is 7.58. The third-order valence-corrected chi connectivity index (χ3v) is 3.94. The highest BCUT2D eigenvalue weighted by molar-refractivity contribution is 5.72. The first-order valence-corrected chi connectivity index (χ1v) is 9.31. The molecule has 0 unspecified atom stereocenters. The summed E-state index contributed by atoms with van der Waals surface area (Å²) < 4.78 is 16.6. The molecule has 0 spiro atoms. The molecule has 2 N–H and O–H groups in total. The largest absolute Gasteiger partial charge is 0.491 e. The van der Waals surface area contributed by atoms with Crippen molar-refractivity contribution in [1.82, 2.24) is 0 Å². The molecule has 0 amide bonds. The fraction of sp³-hybridized carbons (Fsp3) is 0.409. The highest BCUT2D eigenvalue weighted by atomic mass is 16.5. The monoisotopic (exact) mass is 388 g/mol. The maximum Gasteiger partial charge on any atom is 0.333 e. The quantitative estimate of drug-likeness (QED) is 0.615. The number of carboxylic acid groups (broad SMARTS) is 1. The summed E-state index contributed by atoms with van der Waals surface area (Å²) in [5, 5.41) is 19.4. The molecule has 28 heavy (non-hydrogen) atoms. The van der Waals surface area contributed by atoms with Gasteiger partial charge in [-0.15, -0.1) is 0 Å². The number of ether oxygens (including phenoxy) is 3. The first-order valence-electron chi connectivity index (χ1n) is 9.31. The predicted molar refractivity (Wildman–Crippen MR) is 106 cm³/mol. The molecule has 2 rings (SSSR count). The van der Waals surface area contributed by atoms with Crippen molar-refractivity contribution < 1.29 is 29.2 Å². The molecule has 0 heterocycles. The predicted octanol–water partition coefficient (Wildman–Crippen LogP) is 3.23. The lowest BCUT2D eigenvalue weighted by molar-refractivity contribution is -0.153. The van der Waals surface area contributed by atoms with Crippen LogP contribution in [-0.4, -0.2) is 47.7 Å². The van der Waals surface area contributed by atoms with Crippen molar-refractivity contribution in [3.05, 3.63) is 59.7 Å². The smallest absolute Gasteiger partial charge is 0.333 e. The Morgan fingerprint density at radius 1 is 1.00 bits per heavy atom. The molecule has 0 bridgehead atoms. The highest BCUT2D eigenvalue weighted by Gasteiger charge is 2.20. The summed E-state index contributed by atoms with van der Waals surface area (Å²) >= 11 is 0. The zero-order valence-electron chi connectivity index (χ0n) is 16.5. The van der Waals surface area contributed by atoms with E-state index in [1.54, 1.807) is 32.0 Å². The van der Waals surface area contributed by atoms with E-state index in [1.807, 2.05) is 37.3 Å². The molecular formula is C22H28O6. The molecule has 0 aliphatic rings. The van der Waals surface area contributed by atoms with Crippen LogP contribution in [0.2, 0.25) is 0 Å². The molecule has 0 radical (unpaired) electrons. The second kappa shape index (κ2) is 10.7. The molecule has 6 heteroatoms. The number of aliphatic carboxylic acids is 1. The van der Waals surface area contributed by atoms with Gasteiger partial charge in [-0.25, -0.2) is 4.79 Å². The van der Waals surface area contributed by atoms with Crippen molar-refractivity contribution in [3.63, 3.8) is 0 Å². The van der Waals surface area contributed by atoms with Gasteiger partial charge in [0.25, 0.3) is 0 Å². The summed E-state index contributed by atoms with van der Waals surface area (Å²) in [6, 6.07) is 14.7. The second-order valence-corrected chi connectivity index (χ2v) is 6.95. The molecule has 2 aromatic rings. The summed E-state index contributed by atoms with van der Waals surface area (Å²) in [5.74, 6) is 0.251. The number of hydrogen-bond acceptors (Lipinski definition) is 5. The van der Waals surface area contributed by atoms with Crippen LogP contribution in [0.1, 0.15) is 25.0 Å². The van der Waals surface area contributed by atoms with Gasteiger partial charge in [-0.2, -0.15) is 0 Å². The number of rotatable bonds is 11. The Hall–Kier alpha value is -2.57. The standard InChI is InChI=1S/C22H28O6/c1-15(2)28-21(22(24)25)12-17-5-4-6-20(11-17)27-14-18(23)13-26-19-9-7-16(3)8-10-19/h4-11,15,18,21,23H,12-14H2,1-3H3,(H,24,25)/t18-,21+/m1/s1. The van der Waals surface area contributed by atoms with E-state index >= 15 is 0 Å². The van der Waals surface area contributed by atoms with Crippen molar-refractivity contribution in [1.29, 1.82) is 0 Å². The van der Waals surface area contributed by atoms with E-state index in [0.717, 1.165) is 11.1 Å². The van der Waals surface area contributed by atoms with Crippen LogP contribution in [0.15, 0.2) is 48.5 Å². The van der Waals surface area contributed by atoms with Crippen molar-refractivity contribution in [2.75, 3.05) is 13.2 Å². The molecule has 0 aliphatic heterocycles. The number of carbonyl (C=O) groups is 1. The van der Waals surface area contributed by atoms with Gasteiger partial charge in [-0.3, -0.25) is 0 Å². The van der Waals surface area contributed by atoms with Crippen LogP contribution in [0, 0.1) is 6.92 Å². The van der Waals surface area contributed by atoms with Gasteiger partial charge in [0.15, 0.2) is 6.10 Å². The van der Waals surface area contributed by atoms with Crippen molar-refractivity contribution in [3.8, 4) is 11.5 Å². The zero-order chi connectivity index (χ0) is 20.5. The van der Waals surface area contributed by atoms with Gasteiger partial charge < -0.3 is 24.4 Å². The van der Waals surface area contributed by atoms with Crippen LogP contribution >= 0.6 is 0 Å². The Morgan fingerprint density at radius 2 is 1.64 bits per heavy atom. The lowest BCUT2D eigenvalue weighted by Gasteiger charge is -2.17. The van der Waals surface area contributed by atoms with Gasteiger partial charge >= 0.3 is 5.97 Å². The van der Waals surface area contributed by atoms with Crippen molar-refractivity contribution in [2.45, 2.75) is 45.5 Å². The molecule has 152 valence electrons. The highest BCUT2D eigenvalue weighted by Crippen LogP contribution is 2.17. The van der Waals surface area contributed by atoms with Gasteiger partial charge in [0, 0.05) is 6.42 Å². The molecule has 0 saturated carbocycles. The van der Waals surface area contributed by atoms with Crippen LogP contribution < -0.4 is 9.47 Å². The van der Waals surface area contributed by atoms with Crippen molar-refractivity contribution in [2.24, 2.45) is 0 Å². The van der Waals surface area contributed by atoms with Gasteiger partial charge in [0.1, 0.15) is 30.8 Å². The van der Waals surface area contributed by atoms with E-state index in [2.05, 4.69) is 0 Å². The lowest BCUT2D eigenvalue weighted by Crippen LogP contribution is -2.29. The average molecular weight is 388 g/mol. The maximum atomic E-state index is 11.3. The summed E-state index contributed by atoms with van der Waals surface area (Å²) in [5.41, 5.74) is 1.93. The minimum Gasteiger partial charge on any atom is -0.491 e. The van der Waals surface area contributed by atoms with Crippen molar-refractivity contribution >= 4 is 5.97 Å². The summed E-state index contributed by atoms with van der Waals surface area (Å²) in [7, 11) is 0. The minimum absolute atomic E-state index is 0.0696. The minimum atomic E-state index is -0.997. The third-order valence-electron chi connectivity index (χ3n) is 3.94. The Balaban J connectivity index is 1.84. The molecule has 0 aromatic heterocycles. The first kappa shape index (κ1) is 21.7. The SMILES string of the molecule is Cc1ccc(OC[C@@H](O)COc2cccc(C[C@H](OC(C)C)C(=O)O)c2)cc1. The molecule has 0 aliphatic carbocycles. The Bertz CT molecular complexity index is 741. The first-order chi connectivity index (χ1) is 13.3. The van der Waals surface area contributed by atoms with Gasteiger partial charge in [0.2, 0.25) is 0 Å². The number of hydrogen-bond donors (Lipinski definition) is 2. The average Bonchev–Trinajstić information content (AvgIpc) is 2.65. The Labute approximate surface area is 165 Å². The summed E-state index contributed by atoms with van der Waals surface area (Å²) in [6.07, 6.45) is -1.64. The Kier molecular flexibility index (Phi) is 8.29. The summed E-state index contributed by atoms with van der Waals surface area (Å²) in [6.45, 7) is 5.78. The number of benzene rings is 2. The summed E-state index contributed by atoms with van der Waals surface area (Å²) in [4.78, 5) is 11.3. The van der Waals surface area contributed by atoms with Crippen LogP contribution in [0.25, 0.3) is 0 Å². The van der Waals surface area contributed by atoms with Gasteiger partial charge in [0.05, 0.1) is 6.10 Å². The number of carboxylic acids is 1. The fourth-order valence-corrected chi connectivity index (χ4v) is 2.57. The molecule has 0 saturated heterocycles. The van der Waals surface area contributed by atoms with Gasteiger partial charge in [-0.1, -0.05) is 29.8 Å². The molecular weight excluding hydrogens is 360 g/mol. The van der Waals surface area contributed by atoms with Crippen LogP contribution in [-0.2, 0) is 16.0 Å². The van der Waals surface area contributed by atoms with E-state index in [9.17, 15) is 15.0 Å². The molecule has 0 fully saturated rings. The van der Waals surface area contributed by atoms with E-state index in [-0.39, 0.29) is 25.7 Å². The van der Waals surface area contributed by atoms with Crippen LogP contribution in [0.4, 0.5) is 0 Å². The topological polar surface area (TPSA) is 85.2 Å². The second-order valence-electron chi connectivity index (χ2n) is 6.95. The van der Waals surface area contributed by atoms with Crippen LogP contribution in [0.3, 0.4) is 0 Å². The van der Waals surface area contributed by atoms with Crippen LogP contribution in [0.5, 0.6) is 11.5 Å². The molecule has 6 nitrogen and oxygen atoms in total. The van der Waals surface area contributed by atoms with Gasteiger partial charge in [-0.05, 0) is 50.6 Å². The zero-order valence-corrected chi connectivity index (χ0v) is 16.5. The lowest BCUT2D eigenvalue weighted by atomic mass is 10.1. The van der Waals surface area contributed by atoms with E-state index < -0.39 is 18.2 Å². The normalized spacial score (nSPS) is 13.2. The van der Waals surface area contributed by atoms with E-state index in [4.69, 9.17) is 14.2 Å². The van der Waals surface area contributed by atoms with E-state index in [0.29, 0.717) is 11.5 Å². The van der Waals surface area contributed by atoms with E-state index in [1.165, 1.54) is 0 Å². The number of aliphatic hydroxyl groups is 1. The Morgan fingerprint density at radius 3 is 2.25 bits per heavy atom. The number of aryl methyl sites for hydroxylation is 1. The fourth-order valence-electron chi connectivity index (χ4n) is 2.57. The maximum absolute atomic E-state index is 11.3.